The highest BCUT2D eigenvalue weighted by Crippen LogP contribution is 2.35. The number of amides is 3. The van der Waals surface area contributed by atoms with Gasteiger partial charge in [-0.25, -0.2) is 9.78 Å². The normalized spacial score (nSPS) is 13.0. The van der Waals surface area contributed by atoms with Gasteiger partial charge in [-0.1, -0.05) is 18.2 Å². The lowest BCUT2D eigenvalue weighted by atomic mass is 10.2. The van der Waals surface area contributed by atoms with Gasteiger partial charge >= 0.3 is 12.6 Å². The van der Waals surface area contributed by atoms with E-state index in [1.54, 1.807) is 30.3 Å². The summed E-state index contributed by atoms with van der Waals surface area (Å²) in [6.45, 7) is -2.31. The van der Waals surface area contributed by atoms with Crippen molar-refractivity contribution in [3.05, 3.63) is 64.1 Å². The van der Waals surface area contributed by atoms with E-state index in [0.717, 1.165) is 21.9 Å². The molecule has 0 saturated heterocycles. The lowest BCUT2D eigenvalue weighted by molar-refractivity contribution is -0.0498. The van der Waals surface area contributed by atoms with Crippen molar-refractivity contribution in [3.8, 4) is 5.75 Å². The lowest BCUT2D eigenvalue weighted by Gasteiger charge is -2.24. The molecule has 0 bridgehead atoms. The number of nitrogens with two attached hydrogens (primary N) is 2. The van der Waals surface area contributed by atoms with Crippen molar-refractivity contribution in [2.75, 3.05) is 17.2 Å². The monoisotopic (exact) mass is 459 g/mol. The molecule has 1 aliphatic rings. The van der Waals surface area contributed by atoms with Crippen molar-refractivity contribution in [1.29, 1.82) is 0 Å². The van der Waals surface area contributed by atoms with Crippen molar-refractivity contribution in [2.24, 2.45) is 5.73 Å². The average Bonchev–Trinajstić information content (AvgIpc) is 3.18. The molecule has 0 spiro atoms. The number of primary amides is 1. The third-order valence-electron chi connectivity index (χ3n) is 4.91. The maximum atomic E-state index is 13.6. The van der Waals surface area contributed by atoms with Crippen molar-refractivity contribution in [2.45, 2.75) is 19.6 Å². The molecular formula is C21H19F2N5O3S. The number of nitrogens with zero attached hydrogens (tertiary/aromatic N) is 3. The molecule has 1 aromatic heterocycles. The van der Waals surface area contributed by atoms with Gasteiger partial charge in [0, 0.05) is 23.9 Å². The molecule has 0 unspecified atom stereocenters. The van der Waals surface area contributed by atoms with E-state index in [9.17, 15) is 18.4 Å². The predicted molar refractivity (Wildman–Crippen MR) is 116 cm³/mol. The number of hydrogen-bond donors (Lipinski definition) is 2. The lowest BCUT2D eigenvalue weighted by Crippen LogP contribution is -2.39. The Balaban J connectivity index is 1.74. The van der Waals surface area contributed by atoms with Crippen LogP contribution in [-0.2, 0) is 13.0 Å². The Bertz CT molecular complexity index is 1170. The number of carbonyl (C=O) groups is 2. The first-order valence-electron chi connectivity index (χ1n) is 9.60. The van der Waals surface area contributed by atoms with E-state index in [1.807, 2.05) is 0 Å². The van der Waals surface area contributed by atoms with E-state index < -0.39 is 18.5 Å². The highest BCUT2D eigenvalue weighted by atomic mass is 32.1. The first-order valence-corrected chi connectivity index (χ1v) is 10.4. The predicted octanol–water partition coefficient (Wildman–Crippen LogP) is 3.74. The van der Waals surface area contributed by atoms with E-state index in [-0.39, 0.29) is 23.0 Å². The van der Waals surface area contributed by atoms with Gasteiger partial charge in [-0.15, -0.1) is 11.3 Å². The SMILES string of the molecule is NC(=O)N1CCc2nc(C(=O)N(c3cccc(OC(F)F)c3)c3ccccc3N)sc2C1. The minimum atomic E-state index is -3.00. The van der Waals surface area contributed by atoms with Gasteiger partial charge in [0.05, 0.1) is 29.3 Å². The molecule has 0 fully saturated rings. The van der Waals surface area contributed by atoms with Crippen molar-refractivity contribution < 1.29 is 23.1 Å². The van der Waals surface area contributed by atoms with Crippen LogP contribution in [-0.4, -0.2) is 35.0 Å². The molecule has 4 N–H and O–H groups in total. The first kappa shape index (κ1) is 21.5. The second-order valence-corrected chi connectivity index (χ2v) is 8.06. The molecule has 0 atom stereocenters. The minimum Gasteiger partial charge on any atom is -0.435 e. The summed E-state index contributed by atoms with van der Waals surface area (Å²) in [7, 11) is 0. The second kappa shape index (κ2) is 8.79. The summed E-state index contributed by atoms with van der Waals surface area (Å²) in [4.78, 5) is 33.1. The van der Waals surface area contributed by atoms with Crippen molar-refractivity contribution >= 4 is 40.3 Å². The number of urea groups is 1. The van der Waals surface area contributed by atoms with Crippen LogP contribution in [0.1, 0.15) is 20.4 Å². The molecule has 2 aromatic carbocycles. The van der Waals surface area contributed by atoms with Gasteiger partial charge in [0.25, 0.3) is 5.91 Å². The Labute approximate surface area is 186 Å². The highest BCUT2D eigenvalue weighted by molar-refractivity contribution is 7.13. The average molecular weight is 459 g/mol. The molecule has 8 nitrogen and oxygen atoms in total. The number of aromatic nitrogens is 1. The summed E-state index contributed by atoms with van der Waals surface area (Å²) in [6, 6.07) is 12.0. The number of carbonyl (C=O) groups excluding carboxylic acids is 2. The number of para-hydroxylation sites is 2. The van der Waals surface area contributed by atoms with Crippen LogP contribution in [0.2, 0.25) is 0 Å². The zero-order chi connectivity index (χ0) is 22.8. The smallest absolute Gasteiger partial charge is 0.387 e. The molecule has 11 heteroatoms. The van der Waals surface area contributed by atoms with Crippen LogP contribution in [0, 0.1) is 0 Å². The fourth-order valence-electron chi connectivity index (χ4n) is 3.43. The maximum absolute atomic E-state index is 13.6. The van der Waals surface area contributed by atoms with Gasteiger partial charge in [-0.05, 0) is 24.3 Å². The summed E-state index contributed by atoms with van der Waals surface area (Å²) < 4.78 is 29.9. The number of rotatable bonds is 5. The Morgan fingerprint density at radius 1 is 1.19 bits per heavy atom. The van der Waals surface area contributed by atoms with Crippen LogP contribution >= 0.6 is 11.3 Å². The van der Waals surface area contributed by atoms with Gasteiger partial charge in [-0.2, -0.15) is 8.78 Å². The minimum absolute atomic E-state index is 0.0969. The number of alkyl halides is 2. The quantitative estimate of drug-likeness (QED) is 0.564. The van der Waals surface area contributed by atoms with Crippen LogP contribution in [0.4, 0.5) is 30.6 Å². The van der Waals surface area contributed by atoms with Crippen LogP contribution < -0.4 is 21.1 Å². The fraction of sp³-hybridized carbons (Fsp3) is 0.190. The highest BCUT2D eigenvalue weighted by Gasteiger charge is 2.29. The first-order chi connectivity index (χ1) is 15.3. The van der Waals surface area contributed by atoms with Gasteiger partial charge in [0.2, 0.25) is 0 Å². The number of ether oxygens (including phenoxy) is 1. The van der Waals surface area contributed by atoms with E-state index in [0.29, 0.717) is 24.3 Å². The van der Waals surface area contributed by atoms with E-state index in [1.165, 1.54) is 28.0 Å². The molecular weight excluding hydrogens is 440 g/mol. The Morgan fingerprint density at radius 2 is 1.97 bits per heavy atom. The third-order valence-corrected chi connectivity index (χ3v) is 5.98. The Kier molecular flexibility index (Phi) is 5.91. The van der Waals surface area contributed by atoms with Crippen LogP contribution in [0.15, 0.2) is 48.5 Å². The molecule has 32 heavy (non-hydrogen) atoms. The van der Waals surface area contributed by atoms with Gasteiger partial charge in [0.15, 0.2) is 5.01 Å². The fourth-order valence-corrected chi connectivity index (χ4v) is 4.48. The number of thiazole rings is 1. The summed E-state index contributed by atoms with van der Waals surface area (Å²) in [5.41, 5.74) is 13.2. The largest absolute Gasteiger partial charge is 0.435 e. The van der Waals surface area contributed by atoms with Crippen LogP contribution in [0.25, 0.3) is 0 Å². The number of fused-ring (bicyclic) bond motifs is 1. The topological polar surface area (TPSA) is 115 Å². The molecule has 2 heterocycles. The van der Waals surface area contributed by atoms with Gasteiger partial charge in [-0.3, -0.25) is 9.69 Å². The number of anilines is 3. The molecule has 3 amide bonds. The van der Waals surface area contributed by atoms with Gasteiger partial charge < -0.3 is 21.1 Å². The summed E-state index contributed by atoms with van der Waals surface area (Å²) in [5, 5.41) is 0.185. The molecule has 166 valence electrons. The molecule has 0 saturated carbocycles. The van der Waals surface area contributed by atoms with Crippen molar-refractivity contribution in [1.82, 2.24) is 9.88 Å². The summed E-state index contributed by atoms with van der Waals surface area (Å²) in [5.74, 6) is -0.581. The molecule has 0 radical (unpaired) electrons. The van der Waals surface area contributed by atoms with Crippen molar-refractivity contribution in [3.63, 3.8) is 0 Å². The van der Waals surface area contributed by atoms with Crippen LogP contribution in [0.5, 0.6) is 5.75 Å². The zero-order valence-electron chi connectivity index (χ0n) is 16.7. The molecule has 0 aliphatic carbocycles. The Hall–Kier alpha value is -3.73. The third kappa shape index (κ3) is 4.33. The molecule has 1 aliphatic heterocycles. The summed E-state index contributed by atoms with van der Waals surface area (Å²) >= 11 is 1.16. The van der Waals surface area contributed by atoms with E-state index >= 15 is 0 Å². The zero-order valence-corrected chi connectivity index (χ0v) is 17.5. The molecule has 3 aromatic rings. The van der Waals surface area contributed by atoms with E-state index in [4.69, 9.17) is 11.5 Å². The molecule has 4 rings (SSSR count). The number of benzene rings is 2. The van der Waals surface area contributed by atoms with E-state index in [2.05, 4.69) is 9.72 Å². The van der Waals surface area contributed by atoms with Gasteiger partial charge in [0.1, 0.15) is 5.75 Å². The maximum Gasteiger partial charge on any atom is 0.387 e. The Morgan fingerprint density at radius 3 is 2.69 bits per heavy atom. The number of hydrogen-bond acceptors (Lipinski definition) is 6. The number of nitrogen functional groups attached to an aromatic ring is 1. The standard InChI is InChI=1S/C21H19F2N5O3S/c22-20(23)31-13-5-3-4-12(10-13)28(16-7-2-1-6-14(16)24)19(29)18-26-15-8-9-27(21(25)30)11-17(15)32-18/h1-7,10,20H,8-9,11,24H2,(H2,25,30). The number of halogens is 2. The van der Waals surface area contributed by atoms with Crippen LogP contribution in [0.3, 0.4) is 0 Å². The second-order valence-electron chi connectivity index (χ2n) is 6.97. The summed E-state index contributed by atoms with van der Waals surface area (Å²) in [6.07, 6.45) is 0.479.